The third kappa shape index (κ3) is 18.0. The second-order valence-electron chi connectivity index (χ2n) is 19.3. The van der Waals surface area contributed by atoms with Gasteiger partial charge in [0.05, 0.1) is 6.04 Å². The number of aliphatic imine (C=N–C) groups is 2. The lowest BCUT2D eigenvalue weighted by Gasteiger charge is -2.31. The van der Waals surface area contributed by atoms with Gasteiger partial charge in [-0.1, -0.05) is 42.8 Å². The number of benzene rings is 2. The Balaban J connectivity index is 1.52. The number of H-pyrrole nitrogens is 1. The minimum Gasteiger partial charge on any atom is -0.370 e. The zero-order chi connectivity index (χ0) is 54.6. The van der Waals surface area contributed by atoms with Crippen molar-refractivity contribution in [3.63, 3.8) is 0 Å². The van der Waals surface area contributed by atoms with E-state index in [9.17, 15) is 43.2 Å². The van der Waals surface area contributed by atoms with Crippen LogP contribution in [0.2, 0.25) is 0 Å². The van der Waals surface area contributed by atoms with Gasteiger partial charge < -0.3 is 59.8 Å². The van der Waals surface area contributed by atoms with Gasteiger partial charge in [-0.3, -0.25) is 53.1 Å². The number of aromatic amines is 1. The molecule has 7 atom stereocenters. The summed E-state index contributed by atoms with van der Waals surface area (Å²) in [5.74, 6) is -8.72. The molecule has 3 heterocycles. The molecule has 0 spiro atoms. The highest BCUT2D eigenvalue weighted by Gasteiger charge is 2.40. The molecule has 1 aromatic heterocycles. The number of rotatable bonds is 16. The van der Waals surface area contributed by atoms with Crippen molar-refractivity contribution < 1.29 is 47.5 Å². The molecule has 0 aliphatic carbocycles. The van der Waals surface area contributed by atoms with Crippen LogP contribution in [0.5, 0.6) is 0 Å². The number of hydrogen-bond acceptors (Lipinski definition) is 11. The molecule has 0 unspecified atom stereocenters. The van der Waals surface area contributed by atoms with Crippen molar-refractivity contribution in [3.05, 3.63) is 71.7 Å². The average molecular weight is 1040 g/mol. The highest BCUT2D eigenvalue weighted by molar-refractivity contribution is 5.98. The average Bonchev–Trinajstić information content (AvgIpc) is 4.03. The van der Waals surface area contributed by atoms with Crippen molar-refractivity contribution in [1.82, 2.24) is 31.2 Å². The van der Waals surface area contributed by atoms with Gasteiger partial charge in [-0.05, 0) is 87.5 Å². The number of para-hydroxylation sites is 1. The van der Waals surface area contributed by atoms with Gasteiger partial charge in [0.15, 0.2) is 17.7 Å². The minimum atomic E-state index is -1.41. The molecule has 2 aliphatic rings. The number of fused-ring (bicyclic) bond motifs is 2. The van der Waals surface area contributed by atoms with Crippen molar-refractivity contribution in [3.8, 4) is 0 Å². The molecule has 2 fully saturated rings. The van der Waals surface area contributed by atoms with Gasteiger partial charge in [-0.2, -0.15) is 0 Å². The Morgan fingerprint density at radius 3 is 2.16 bits per heavy atom. The fourth-order valence-electron chi connectivity index (χ4n) is 9.66. The number of nitrogens with one attached hydrogen (secondary N) is 5. The third-order valence-corrected chi connectivity index (χ3v) is 13.6. The number of halogens is 1. The van der Waals surface area contributed by atoms with Crippen LogP contribution >= 0.6 is 0 Å². The molecule has 5 rings (SSSR count). The largest absolute Gasteiger partial charge is 0.370 e. The summed E-state index contributed by atoms with van der Waals surface area (Å²) in [6.07, 6.45) is 1.96. The Morgan fingerprint density at radius 2 is 1.45 bits per heavy atom. The molecule has 0 radical (unpaired) electrons. The van der Waals surface area contributed by atoms with E-state index >= 15 is 4.39 Å². The number of primary amides is 1. The van der Waals surface area contributed by atoms with Gasteiger partial charge >= 0.3 is 0 Å². The smallest absolute Gasteiger partial charge is 0.245 e. The number of aromatic nitrogens is 1. The van der Waals surface area contributed by atoms with Crippen molar-refractivity contribution in [1.29, 1.82) is 0 Å². The molecular formula is C52H72FN13O9. The van der Waals surface area contributed by atoms with Crippen LogP contribution in [0.1, 0.15) is 108 Å². The Labute approximate surface area is 434 Å². The Hall–Kier alpha value is -7.72. The van der Waals surface area contributed by atoms with Crippen molar-refractivity contribution in [2.24, 2.45) is 50.5 Å². The molecular weight excluding hydrogens is 970 g/mol. The maximum Gasteiger partial charge on any atom is 0.245 e. The second-order valence-corrected chi connectivity index (χ2v) is 19.3. The van der Waals surface area contributed by atoms with E-state index < -0.39 is 108 Å². The van der Waals surface area contributed by atoms with Crippen LogP contribution in [0, 0.1) is 17.7 Å². The van der Waals surface area contributed by atoms with Crippen LogP contribution in [0.25, 0.3) is 10.9 Å². The zero-order valence-electron chi connectivity index (χ0n) is 42.5. The highest BCUT2D eigenvalue weighted by Crippen LogP contribution is 2.27. The fraction of sp³-hybridized carbons (Fsp3) is 0.519. The van der Waals surface area contributed by atoms with Crippen LogP contribution in [0.4, 0.5) is 4.39 Å². The Kier molecular flexibility index (Phi) is 22.2. The predicted molar refractivity (Wildman–Crippen MR) is 278 cm³/mol. The molecule has 6 amide bonds. The Morgan fingerprint density at radius 1 is 0.760 bits per heavy atom. The molecule has 2 aliphatic heterocycles. The summed E-state index contributed by atoms with van der Waals surface area (Å²) in [6, 6.07) is 6.89. The van der Waals surface area contributed by atoms with Gasteiger partial charge in [-0.15, -0.1) is 0 Å². The maximum atomic E-state index is 15.4. The van der Waals surface area contributed by atoms with E-state index in [2.05, 4.69) is 36.2 Å². The molecule has 15 N–H and O–H groups in total. The highest BCUT2D eigenvalue weighted by atomic mass is 19.1. The lowest BCUT2D eigenvalue weighted by atomic mass is 9.83. The third-order valence-electron chi connectivity index (χ3n) is 13.6. The van der Waals surface area contributed by atoms with E-state index in [1.165, 1.54) is 30.0 Å². The van der Waals surface area contributed by atoms with Crippen LogP contribution in [0.3, 0.4) is 0 Å². The first-order valence-electron chi connectivity index (χ1n) is 25.6. The lowest BCUT2D eigenvalue weighted by molar-refractivity contribution is -0.142. The topological polar surface area (TPSA) is 376 Å². The number of nitrogens with two attached hydrogens (primary N) is 5. The summed E-state index contributed by atoms with van der Waals surface area (Å²) in [4.78, 5) is 138. The molecule has 406 valence electrons. The standard InChI is InChI=1S/C52H72FN13O9/c1-30(67)62-40(18-9-23-60-52(57)58)48(73)64-41-17-6-3-13-35(68)20-21-39(46(54)71)63-47(72)33(25-34-29-61-38-16-7-4-14-36(34)38)28-44(69)32(12-8-22-59-51(55)56)27-45(70)42(26-31-11-2-5-15-37(31)53)65-49(74)43-19-10-24-66(43)50(41)75/h2,4-5,7,11,14-16,29,32-33,39-43,61H,3,6,8-10,12-13,17-28H2,1H3,(H2,54,71)(H,62,67)(H,63,72)(H,64,73)(H,65,74)(H4,55,56,59)(H4,57,58,60)/t32-,33-,39+,40+,41+,42-,43+/m1/s1. The first kappa shape index (κ1) is 58.2. The molecule has 75 heavy (non-hydrogen) atoms. The van der Waals surface area contributed by atoms with Crippen LogP contribution in [-0.2, 0) is 56.0 Å². The van der Waals surface area contributed by atoms with Gasteiger partial charge in [0.1, 0.15) is 41.6 Å². The van der Waals surface area contributed by atoms with Crippen molar-refractivity contribution >= 4 is 75.6 Å². The summed E-state index contributed by atoms with van der Waals surface area (Å²) in [5.41, 5.74) is 29.4. The maximum absolute atomic E-state index is 15.4. The number of hydrogen-bond donors (Lipinski definition) is 10. The van der Waals surface area contributed by atoms with E-state index in [0.717, 1.165) is 10.9 Å². The molecule has 2 aromatic carbocycles. The van der Waals surface area contributed by atoms with Crippen LogP contribution < -0.4 is 49.9 Å². The molecule has 22 nitrogen and oxygen atoms in total. The number of Topliss-reactive ketones (excluding diaryl/α,β-unsaturated/α-hetero) is 3. The SMILES string of the molecule is CC(=O)N[C@@H](CCCN=C(N)N)C(=O)N[C@H]1CCCCC(=O)CC[C@@H](C(N)=O)NC(=O)[C@H](Cc2c[nH]c3ccccc23)CC(=O)[C@H](CCCN=C(N)N)CC(=O)[C@@H](Cc2ccccc2F)NC(=O)[C@@H]2CCCN2C1=O. The lowest BCUT2D eigenvalue weighted by Crippen LogP contribution is -2.57. The number of guanidine groups is 2. The van der Waals surface area contributed by atoms with Gasteiger partial charge in [0, 0.05) is 87.6 Å². The summed E-state index contributed by atoms with van der Waals surface area (Å²) in [6.45, 7) is 1.58. The van der Waals surface area contributed by atoms with E-state index in [4.69, 9.17) is 28.7 Å². The quantitative estimate of drug-likeness (QED) is 0.0538. The summed E-state index contributed by atoms with van der Waals surface area (Å²) in [7, 11) is 0. The van der Waals surface area contributed by atoms with Crippen LogP contribution in [-0.4, -0.2) is 124 Å². The predicted octanol–water partition coefficient (Wildman–Crippen LogP) is 0.709. The monoisotopic (exact) mass is 1040 g/mol. The van der Waals surface area contributed by atoms with Crippen molar-refractivity contribution in [2.75, 3.05) is 19.6 Å². The molecule has 0 saturated carbocycles. The van der Waals surface area contributed by atoms with Gasteiger partial charge in [0.25, 0.3) is 0 Å². The number of amides is 6. The van der Waals surface area contributed by atoms with Gasteiger partial charge in [-0.25, -0.2) is 4.39 Å². The summed E-state index contributed by atoms with van der Waals surface area (Å²) >= 11 is 0. The molecule has 3 aromatic rings. The van der Waals surface area contributed by atoms with Gasteiger partial charge in [0.2, 0.25) is 35.4 Å². The fourth-order valence-corrected chi connectivity index (χ4v) is 9.66. The Bertz CT molecular complexity index is 2590. The van der Waals surface area contributed by atoms with E-state index in [0.29, 0.717) is 12.0 Å². The van der Waals surface area contributed by atoms with Crippen molar-refractivity contribution in [2.45, 2.75) is 140 Å². The number of nitrogens with zero attached hydrogens (tertiary/aromatic N) is 3. The first-order chi connectivity index (χ1) is 35.8. The zero-order valence-corrected chi connectivity index (χ0v) is 42.5. The van der Waals surface area contributed by atoms with E-state index in [1.807, 2.05) is 24.3 Å². The molecule has 23 heteroatoms. The summed E-state index contributed by atoms with van der Waals surface area (Å²) in [5, 5.41) is 11.6. The first-order valence-corrected chi connectivity index (χ1v) is 25.6. The van der Waals surface area contributed by atoms with E-state index in [-0.39, 0.29) is 126 Å². The number of carbonyl (C=O) groups excluding carboxylic acids is 9. The number of ketones is 3. The number of carbonyl (C=O) groups is 9. The van der Waals surface area contributed by atoms with Crippen LogP contribution in [0.15, 0.2) is 64.7 Å². The molecule has 2 saturated heterocycles. The van der Waals surface area contributed by atoms with E-state index in [1.54, 1.807) is 12.3 Å². The second kappa shape index (κ2) is 28.7. The normalized spacial score (nSPS) is 22.3. The minimum absolute atomic E-state index is 0.00201. The summed E-state index contributed by atoms with van der Waals surface area (Å²) < 4.78 is 15.4. The molecule has 0 bridgehead atoms.